The Kier molecular flexibility index (Phi) is 9.19. The maximum absolute atomic E-state index is 4.97. The van der Waals surface area contributed by atoms with Gasteiger partial charge in [0, 0.05) is 38.6 Å². The second kappa shape index (κ2) is 11.1. The van der Waals surface area contributed by atoms with E-state index in [9.17, 15) is 0 Å². The quantitative estimate of drug-likeness (QED) is 0.390. The fourth-order valence-electron chi connectivity index (χ4n) is 4.08. The number of halogens is 1. The van der Waals surface area contributed by atoms with Crippen LogP contribution in [0.3, 0.4) is 0 Å². The van der Waals surface area contributed by atoms with Gasteiger partial charge in [-0.2, -0.15) is 0 Å². The Morgan fingerprint density at radius 1 is 1.19 bits per heavy atom. The summed E-state index contributed by atoms with van der Waals surface area (Å²) in [6, 6.07) is 10.9. The summed E-state index contributed by atoms with van der Waals surface area (Å²) in [4.78, 5) is 10.0. The van der Waals surface area contributed by atoms with Gasteiger partial charge >= 0.3 is 0 Å². The molecule has 0 bridgehead atoms. The molecule has 0 radical (unpaired) electrons. The lowest BCUT2D eigenvalue weighted by atomic mass is 9.99. The van der Waals surface area contributed by atoms with Gasteiger partial charge in [-0.3, -0.25) is 4.99 Å². The minimum atomic E-state index is 0. The van der Waals surface area contributed by atoms with Crippen molar-refractivity contribution in [1.29, 1.82) is 0 Å². The van der Waals surface area contributed by atoms with Gasteiger partial charge in [0.2, 0.25) is 0 Å². The van der Waals surface area contributed by atoms with Gasteiger partial charge in [-0.15, -0.1) is 24.0 Å². The van der Waals surface area contributed by atoms with Crippen molar-refractivity contribution in [2.24, 2.45) is 10.9 Å². The van der Waals surface area contributed by atoms with Gasteiger partial charge in [-0.25, -0.2) is 0 Å². The van der Waals surface area contributed by atoms with E-state index >= 15 is 0 Å². The number of nitrogens with one attached hydrogen (secondary N) is 1. The number of aliphatic imine (C=N–C) groups is 1. The number of likely N-dealkylation sites (tertiary alicyclic amines) is 2. The summed E-state index contributed by atoms with van der Waals surface area (Å²) in [5.41, 5.74) is 1.46. The van der Waals surface area contributed by atoms with Gasteiger partial charge in [0.25, 0.3) is 0 Å². The third-order valence-corrected chi connectivity index (χ3v) is 5.41. The van der Waals surface area contributed by atoms with Gasteiger partial charge in [-0.05, 0) is 50.8 Å². The Labute approximate surface area is 176 Å². The molecule has 0 aliphatic carbocycles. The topological polar surface area (TPSA) is 30.9 Å². The average molecular weight is 470 g/mol. The number of guanidine groups is 1. The van der Waals surface area contributed by atoms with Crippen molar-refractivity contribution < 1.29 is 0 Å². The summed E-state index contributed by atoms with van der Waals surface area (Å²) >= 11 is 0. The van der Waals surface area contributed by atoms with Gasteiger partial charge in [0.05, 0.1) is 0 Å². The van der Waals surface area contributed by atoms with Crippen LogP contribution in [0.5, 0.6) is 0 Å². The lowest BCUT2D eigenvalue weighted by Crippen LogP contribution is -2.40. The minimum Gasteiger partial charge on any atom is -0.357 e. The number of rotatable bonds is 6. The summed E-state index contributed by atoms with van der Waals surface area (Å²) in [6.07, 6.45) is 3.96. The lowest BCUT2D eigenvalue weighted by molar-refractivity contribution is 0.291. The Morgan fingerprint density at radius 2 is 1.92 bits per heavy atom. The molecule has 2 unspecified atom stereocenters. The fourth-order valence-corrected chi connectivity index (χ4v) is 4.08. The van der Waals surface area contributed by atoms with E-state index in [4.69, 9.17) is 4.99 Å². The van der Waals surface area contributed by atoms with E-state index in [1.165, 1.54) is 44.5 Å². The zero-order valence-corrected chi connectivity index (χ0v) is 18.7. The van der Waals surface area contributed by atoms with Crippen LogP contribution in [0.25, 0.3) is 0 Å². The van der Waals surface area contributed by atoms with Crippen LogP contribution in [0.2, 0.25) is 0 Å². The molecule has 0 saturated carbocycles. The van der Waals surface area contributed by atoms with E-state index < -0.39 is 0 Å². The van der Waals surface area contributed by atoms with Crippen molar-refractivity contribution in [3.63, 3.8) is 0 Å². The Balaban J connectivity index is 0.00000243. The van der Waals surface area contributed by atoms with Gasteiger partial charge in [-0.1, -0.05) is 37.3 Å². The SMILES string of the molecule is CCNC(=NCC(C)CN1CCCC1)N1CCC(c2ccccc2)C1.I. The third-order valence-electron chi connectivity index (χ3n) is 5.41. The van der Waals surface area contributed by atoms with Crippen LogP contribution in [-0.4, -0.2) is 61.6 Å². The smallest absolute Gasteiger partial charge is 0.193 e. The molecule has 2 heterocycles. The van der Waals surface area contributed by atoms with Crippen LogP contribution in [0.4, 0.5) is 0 Å². The van der Waals surface area contributed by atoms with E-state index in [0.29, 0.717) is 11.8 Å². The number of benzene rings is 1. The molecule has 2 atom stereocenters. The molecule has 0 amide bonds. The summed E-state index contributed by atoms with van der Waals surface area (Å²) in [6.45, 7) is 12.3. The van der Waals surface area contributed by atoms with Crippen molar-refractivity contribution in [3.05, 3.63) is 35.9 Å². The number of hydrogen-bond acceptors (Lipinski definition) is 2. The van der Waals surface area contributed by atoms with E-state index in [2.05, 4.69) is 59.3 Å². The van der Waals surface area contributed by atoms with E-state index in [-0.39, 0.29) is 24.0 Å². The molecule has 146 valence electrons. The molecule has 0 aromatic heterocycles. The number of hydrogen-bond donors (Lipinski definition) is 1. The van der Waals surface area contributed by atoms with Crippen molar-refractivity contribution in [2.45, 2.75) is 39.0 Å². The zero-order chi connectivity index (χ0) is 17.5. The normalized spacial score (nSPS) is 22.3. The highest BCUT2D eigenvalue weighted by molar-refractivity contribution is 14.0. The molecule has 1 aromatic rings. The first-order valence-corrected chi connectivity index (χ1v) is 10.1. The van der Waals surface area contributed by atoms with Gasteiger partial charge in [0.15, 0.2) is 5.96 Å². The molecule has 2 fully saturated rings. The van der Waals surface area contributed by atoms with Crippen LogP contribution >= 0.6 is 24.0 Å². The number of nitrogens with zero attached hydrogens (tertiary/aromatic N) is 3. The van der Waals surface area contributed by atoms with Crippen LogP contribution in [0, 0.1) is 5.92 Å². The summed E-state index contributed by atoms with van der Waals surface area (Å²) in [7, 11) is 0. The second-order valence-corrected chi connectivity index (χ2v) is 7.65. The zero-order valence-electron chi connectivity index (χ0n) is 16.4. The maximum atomic E-state index is 4.97. The average Bonchev–Trinajstić information content (AvgIpc) is 3.31. The molecule has 1 N–H and O–H groups in total. The molecule has 0 spiro atoms. The van der Waals surface area contributed by atoms with Crippen LogP contribution in [0.1, 0.15) is 44.6 Å². The molecule has 1 aromatic carbocycles. The molecular formula is C21H35IN4. The lowest BCUT2D eigenvalue weighted by Gasteiger charge is -2.23. The molecule has 4 nitrogen and oxygen atoms in total. The van der Waals surface area contributed by atoms with Gasteiger partial charge in [0.1, 0.15) is 0 Å². The van der Waals surface area contributed by atoms with E-state index in [1.54, 1.807) is 0 Å². The standard InChI is InChI=1S/C21H34N4.HI/c1-3-22-21(23-15-18(2)16-24-12-7-8-13-24)25-14-11-20(17-25)19-9-5-4-6-10-19;/h4-6,9-10,18,20H,3,7-8,11-17H2,1-2H3,(H,22,23);1H. The Bertz CT molecular complexity index is 542. The highest BCUT2D eigenvalue weighted by Crippen LogP contribution is 2.26. The van der Waals surface area contributed by atoms with Crippen molar-refractivity contribution in [2.75, 3.05) is 45.8 Å². The minimum absolute atomic E-state index is 0. The predicted molar refractivity (Wildman–Crippen MR) is 122 cm³/mol. The van der Waals surface area contributed by atoms with Crippen LogP contribution in [-0.2, 0) is 0 Å². The van der Waals surface area contributed by atoms with E-state index in [0.717, 1.165) is 32.1 Å². The highest BCUT2D eigenvalue weighted by Gasteiger charge is 2.26. The highest BCUT2D eigenvalue weighted by atomic mass is 127. The first-order valence-electron chi connectivity index (χ1n) is 10.1. The van der Waals surface area contributed by atoms with E-state index in [1.807, 2.05) is 0 Å². The Hall–Kier alpha value is -0.820. The molecule has 5 heteroatoms. The van der Waals surface area contributed by atoms with Crippen LogP contribution < -0.4 is 5.32 Å². The largest absolute Gasteiger partial charge is 0.357 e. The molecular weight excluding hydrogens is 435 g/mol. The van der Waals surface area contributed by atoms with Crippen LogP contribution in [0.15, 0.2) is 35.3 Å². The fraction of sp³-hybridized carbons (Fsp3) is 0.667. The summed E-state index contributed by atoms with van der Waals surface area (Å²) < 4.78 is 0. The maximum Gasteiger partial charge on any atom is 0.193 e. The first-order chi connectivity index (χ1) is 12.3. The summed E-state index contributed by atoms with van der Waals surface area (Å²) in [5, 5.41) is 3.51. The molecule has 2 aliphatic rings. The summed E-state index contributed by atoms with van der Waals surface area (Å²) in [5.74, 6) is 2.36. The third kappa shape index (κ3) is 6.12. The molecule has 2 aliphatic heterocycles. The second-order valence-electron chi connectivity index (χ2n) is 7.65. The van der Waals surface area contributed by atoms with Crippen molar-refractivity contribution in [3.8, 4) is 0 Å². The van der Waals surface area contributed by atoms with Gasteiger partial charge < -0.3 is 15.1 Å². The van der Waals surface area contributed by atoms with Crippen molar-refractivity contribution >= 4 is 29.9 Å². The Morgan fingerprint density at radius 3 is 2.62 bits per heavy atom. The molecule has 3 rings (SSSR count). The van der Waals surface area contributed by atoms with Crippen molar-refractivity contribution in [1.82, 2.24) is 15.1 Å². The predicted octanol–water partition coefficient (Wildman–Crippen LogP) is 3.79. The molecule has 2 saturated heterocycles. The monoisotopic (exact) mass is 470 g/mol. The first kappa shape index (κ1) is 21.5. The molecule has 26 heavy (non-hydrogen) atoms.